The van der Waals surface area contributed by atoms with E-state index in [1.807, 2.05) is 24.3 Å². The fourth-order valence-corrected chi connectivity index (χ4v) is 4.26. The summed E-state index contributed by atoms with van der Waals surface area (Å²) in [5.74, 6) is 2.91. The Morgan fingerprint density at radius 2 is 1.97 bits per heavy atom. The zero-order valence-corrected chi connectivity index (χ0v) is 17.7. The highest BCUT2D eigenvalue weighted by molar-refractivity contribution is 5.64. The number of fused-ring (bicyclic) bond motifs is 1. The summed E-state index contributed by atoms with van der Waals surface area (Å²) >= 11 is 0. The lowest BCUT2D eigenvalue weighted by molar-refractivity contribution is 0.0699. The topological polar surface area (TPSA) is 97.1 Å². The number of benzene rings is 1. The van der Waals surface area contributed by atoms with Crippen LogP contribution in [0.15, 0.2) is 41.3 Å². The van der Waals surface area contributed by atoms with Gasteiger partial charge in [0.1, 0.15) is 5.82 Å². The van der Waals surface area contributed by atoms with Gasteiger partial charge in [-0.2, -0.15) is 4.98 Å². The van der Waals surface area contributed by atoms with E-state index in [0.717, 1.165) is 74.1 Å². The zero-order chi connectivity index (χ0) is 21.0. The SMILES string of the molecule is CC1NCCc2nc(Nc3ccc(-c4cnco4)cc3)nc(NCC3CCOCC3)c21. The Balaban J connectivity index is 1.36. The number of aromatic nitrogens is 3. The van der Waals surface area contributed by atoms with Gasteiger partial charge in [0, 0.05) is 55.6 Å². The van der Waals surface area contributed by atoms with Crippen LogP contribution in [0, 0.1) is 5.92 Å². The predicted molar refractivity (Wildman–Crippen MR) is 119 cm³/mol. The number of hydrogen-bond donors (Lipinski definition) is 3. The molecule has 2 aliphatic heterocycles. The third kappa shape index (κ3) is 4.55. The molecule has 2 aromatic heterocycles. The molecule has 0 bridgehead atoms. The second-order valence-electron chi connectivity index (χ2n) is 8.19. The Bertz CT molecular complexity index is 1000. The van der Waals surface area contributed by atoms with Gasteiger partial charge in [0.2, 0.25) is 5.95 Å². The predicted octanol–water partition coefficient (Wildman–Crippen LogP) is 3.92. The number of anilines is 3. The molecule has 0 amide bonds. The molecule has 8 heteroatoms. The van der Waals surface area contributed by atoms with Gasteiger partial charge in [-0.3, -0.25) is 0 Å². The lowest BCUT2D eigenvalue weighted by Gasteiger charge is -2.28. The average molecular weight is 421 g/mol. The van der Waals surface area contributed by atoms with Gasteiger partial charge < -0.3 is 25.1 Å². The highest BCUT2D eigenvalue weighted by atomic mass is 16.5. The van der Waals surface area contributed by atoms with Crippen LogP contribution in [0.5, 0.6) is 0 Å². The Hall–Kier alpha value is -2.97. The van der Waals surface area contributed by atoms with Crippen molar-refractivity contribution in [2.24, 2.45) is 5.92 Å². The second-order valence-corrected chi connectivity index (χ2v) is 8.19. The maximum atomic E-state index is 5.49. The molecular formula is C23H28N6O2. The lowest BCUT2D eigenvalue weighted by atomic mass is 9.98. The van der Waals surface area contributed by atoms with Crippen LogP contribution in [0.4, 0.5) is 17.5 Å². The van der Waals surface area contributed by atoms with Crippen molar-refractivity contribution >= 4 is 17.5 Å². The summed E-state index contributed by atoms with van der Waals surface area (Å²) in [6.45, 7) is 5.71. The van der Waals surface area contributed by atoms with Crippen molar-refractivity contribution in [1.82, 2.24) is 20.3 Å². The van der Waals surface area contributed by atoms with Gasteiger partial charge in [-0.15, -0.1) is 0 Å². The molecule has 3 N–H and O–H groups in total. The van der Waals surface area contributed by atoms with Gasteiger partial charge in [-0.05, 0) is 49.9 Å². The Labute approximate surface area is 181 Å². The fraction of sp³-hybridized carbons (Fsp3) is 0.435. The van der Waals surface area contributed by atoms with Crippen molar-refractivity contribution in [3.8, 4) is 11.3 Å². The Morgan fingerprint density at radius 3 is 2.74 bits per heavy atom. The molecule has 1 unspecified atom stereocenters. The maximum Gasteiger partial charge on any atom is 0.229 e. The minimum absolute atomic E-state index is 0.233. The molecule has 1 saturated heterocycles. The molecule has 1 fully saturated rings. The molecule has 3 aromatic rings. The van der Waals surface area contributed by atoms with E-state index in [2.05, 4.69) is 27.9 Å². The van der Waals surface area contributed by atoms with E-state index in [1.54, 1.807) is 6.20 Å². The van der Waals surface area contributed by atoms with Crippen LogP contribution < -0.4 is 16.0 Å². The highest BCUT2D eigenvalue weighted by Gasteiger charge is 2.24. The van der Waals surface area contributed by atoms with Crippen LogP contribution in [-0.2, 0) is 11.2 Å². The molecule has 8 nitrogen and oxygen atoms in total. The maximum absolute atomic E-state index is 5.49. The summed E-state index contributed by atoms with van der Waals surface area (Å²) < 4.78 is 10.9. The van der Waals surface area contributed by atoms with Crippen molar-refractivity contribution in [1.29, 1.82) is 0 Å². The smallest absolute Gasteiger partial charge is 0.229 e. The first kappa shape index (κ1) is 20.0. The normalized spacial score (nSPS) is 19.1. The van der Waals surface area contributed by atoms with Gasteiger partial charge in [0.15, 0.2) is 12.2 Å². The van der Waals surface area contributed by atoms with Crippen molar-refractivity contribution < 1.29 is 9.15 Å². The number of hydrogen-bond acceptors (Lipinski definition) is 8. The van der Waals surface area contributed by atoms with Crippen LogP contribution in [0.2, 0.25) is 0 Å². The molecule has 5 rings (SSSR count). The minimum atomic E-state index is 0.233. The van der Waals surface area contributed by atoms with Crippen LogP contribution in [-0.4, -0.2) is 41.3 Å². The first-order chi connectivity index (χ1) is 15.3. The number of ether oxygens (including phenoxy) is 1. The molecule has 0 radical (unpaired) electrons. The van der Waals surface area contributed by atoms with E-state index in [1.165, 1.54) is 12.0 Å². The van der Waals surface area contributed by atoms with Crippen molar-refractivity contribution in [2.45, 2.75) is 32.2 Å². The van der Waals surface area contributed by atoms with Crippen molar-refractivity contribution in [3.63, 3.8) is 0 Å². The zero-order valence-electron chi connectivity index (χ0n) is 17.7. The highest BCUT2D eigenvalue weighted by Crippen LogP contribution is 2.30. The summed E-state index contributed by atoms with van der Waals surface area (Å²) in [5, 5.41) is 10.5. The van der Waals surface area contributed by atoms with Gasteiger partial charge in [0.05, 0.1) is 11.9 Å². The van der Waals surface area contributed by atoms with Crippen molar-refractivity contribution in [3.05, 3.63) is 48.1 Å². The van der Waals surface area contributed by atoms with Gasteiger partial charge in [0.25, 0.3) is 0 Å². The van der Waals surface area contributed by atoms with Gasteiger partial charge in [-0.25, -0.2) is 9.97 Å². The van der Waals surface area contributed by atoms with Crippen LogP contribution >= 0.6 is 0 Å². The van der Waals surface area contributed by atoms with Crippen LogP contribution in [0.3, 0.4) is 0 Å². The summed E-state index contributed by atoms with van der Waals surface area (Å²) in [4.78, 5) is 13.7. The number of nitrogens with zero attached hydrogens (tertiary/aromatic N) is 3. The molecular weight excluding hydrogens is 392 g/mol. The van der Waals surface area contributed by atoms with E-state index in [4.69, 9.17) is 19.1 Å². The number of rotatable bonds is 6. The molecule has 0 spiro atoms. The Kier molecular flexibility index (Phi) is 5.82. The molecule has 0 saturated carbocycles. The van der Waals surface area contributed by atoms with E-state index in [9.17, 15) is 0 Å². The van der Waals surface area contributed by atoms with Crippen LogP contribution in [0.1, 0.15) is 37.1 Å². The summed E-state index contributed by atoms with van der Waals surface area (Å²) in [7, 11) is 0. The Morgan fingerprint density at radius 1 is 1.13 bits per heavy atom. The second kappa shape index (κ2) is 9.03. The fourth-order valence-electron chi connectivity index (χ4n) is 4.26. The van der Waals surface area contributed by atoms with E-state index in [-0.39, 0.29) is 6.04 Å². The number of nitrogens with one attached hydrogen (secondary N) is 3. The third-order valence-corrected chi connectivity index (χ3v) is 6.03. The lowest BCUT2D eigenvalue weighted by Crippen LogP contribution is -2.31. The molecule has 2 aliphatic rings. The third-order valence-electron chi connectivity index (χ3n) is 6.03. The minimum Gasteiger partial charge on any atom is -0.444 e. The quantitative estimate of drug-likeness (QED) is 0.552. The van der Waals surface area contributed by atoms with Gasteiger partial charge >= 0.3 is 0 Å². The summed E-state index contributed by atoms with van der Waals surface area (Å²) in [5.41, 5.74) is 4.20. The molecule has 4 heterocycles. The van der Waals surface area contributed by atoms with Crippen molar-refractivity contribution in [2.75, 3.05) is 36.9 Å². The molecule has 1 aromatic carbocycles. The van der Waals surface area contributed by atoms with E-state index in [0.29, 0.717) is 11.9 Å². The average Bonchev–Trinajstić information content (AvgIpc) is 3.34. The molecule has 1 atom stereocenters. The van der Waals surface area contributed by atoms with Crippen LogP contribution in [0.25, 0.3) is 11.3 Å². The standard InChI is InChI=1S/C23H28N6O2/c1-15-21-19(6-9-25-15)28-23(29-22(21)26-12-16-7-10-30-11-8-16)27-18-4-2-17(3-5-18)20-13-24-14-31-20/h2-5,13-16,25H,6-12H2,1H3,(H2,26,27,28,29). The van der Waals surface area contributed by atoms with E-state index >= 15 is 0 Å². The first-order valence-corrected chi connectivity index (χ1v) is 11.0. The molecule has 31 heavy (non-hydrogen) atoms. The summed E-state index contributed by atoms with van der Waals surface area (Å²) in [6.07, 6.45) is 6.23. The van der Waals surface area contributed by atoms with Gasteiger partial charge in [-0.1, -0.05) is 0 Å². The monoisotopic (exact) mass is 420 g/mol. The largest absolute Gasteiger partial charge is 0.444 e. The number of oxazole rings is 1. The van der Waals surface area contributed by atoms with E-state index < -0.39 is 0 Å². The molecule has 162 valence electrons. The first-order valence-electron chi connectivity index (χ1n) is 11.0. The summed E-state index contributed by atoms with van der Waals surface area (Å²) in [6, 6.07) is 8.23. The molecule has 0 aliphatic carbocycles.